The van der Waals surface area contributed by atoms with Crippen LogP contribution in [0.25, 0.3) is 0 Å². The summed E-state index contributed by atoms with van der Waals surface area (Å²) in [7, 11) is 6.53. The zero-order chi connectivity index (χ0) is 14.7. The summed E-state index contributed by atoms with van der Waals surface area (Å²) < 4.78 is 0. The van der Waals surface area contributed by atoms with Gasteiger partial charge in [-0.25, -0.2) is 0 Å². The Kier molecular flexibility index (Phi) is 5.19. The molecule has 1 aliphatic rings. The monoisotopic (exact) mass is 275 g/mol. The molecule has 0 aromatic heterocycles. The lowest BCUT2D eigenvalue weighted by Crippen LogP contribution is -2.54. The van der Waals surface area contributed by atoms with E-state index in [1.54, 1.807) is 0 Å². The molecule has 1 aromatic carbocycles. The predicted octanol–water partition coefficient (Wildman–Crippen LogP) is 2.32. The third-order valence-electron chi connectivity index (χ3n) is 4.56. The number of hydrogen-bond donors (Lipinski definition) is 1. The van der Waals surface area contributed by atoms with Gasteiger partial charge in [-0.15, -0.1) is 0 Å². The first-order valence-electron chi connectivity index (χ1n) is 7.68. The molecule has 0 bridgehead atoms. The quantitative estimate of drug-likeness (QED) is 0.910. The van der Waals surface area contributed by atoms with Crippen LogP contribution in [0, 0.1) is 0 Å². The smallest absolute Gasteiger partial charge is 0.0488 e. The number of nitrogens with one attached hydrogen (secondary N) is 1. The second-order valence-corrected chi connectivity index (χ2v) is 6.40. The van der Waals surface area contributed by atoms with E-state index in [1.165, 1.54) is 11.1 Å². The van der Waals surface area contributed by atoms with E-state index in [4.69, 9.17) is 0 Å². The molecule has 112 valence electrons. The van der Waals surface area contributed by atoms with Crippen molar-refractivity contribution in [1.29, 1.82) is 0 Å². The molecule has 2 unspecified atom stereocenters. The number of nitrogens with zero attached hydrogens (tertiary/aromatic N) is 2. The first-order chi connectivity index (χ1) is 9.52. The lowest BCUT2D eigenvalue weighted by molar-refractivity contribution is 0.0897. The van der Waals surface area contributed by atoms with Crippen molar-refractivity contribution in [1.82, 2.24) is 15.1 Å². The number of hydrogen-bond acceptors (Lipinski definition) is 3. The fourth-order valence-electron chi connectivity index (χ4n) is 3.07. The second kappa shape index (κ2) is 6.70. The standard InChI is InChI=1S/C17H29N3/c1-13(2)14-6-8-15(9-7-14)17(18-3)16-12-19(4)10-11-20(16)5/h6-9,13,16-18H,10-12H2,1-5H3. The van der Waals surface area contributed by atoms with Crippen LogP contribution in [-0.2, 0) is 0 Å². The Bertz CT molecular complexity index is 413. The van der Waals surface area contributed by atoms with Gasteiger partial charge in [-0.05, 0) is 38.2 Å². The molecular formula is C17H29N3. The first kappa shape index (κ1) is 15.5. The first-order valence-corrected chi connectivity index (χ1v) is 7.68. The minimum atomic E-state index is 0.393. The Morgan fingerprint density at radius 3 is 2.20 bits per heavy atom. The lowest BCUT2D eigenvalue weighted by atomic mass is 9.94. The molecular weight excluding hydrogens is 246 g/mol. The highest BCUT2D eigenvalue weighted by atomic mass is 15.3. The summed E-state index contributed by atoms with van der Waals surface area (Å²) in [5, 5.41) is 3.52. The molecule has 1 aliphatic heterocycles. The van der Waals surface area contributed by atoms with Crippen LogP contribution in [0.15, 0.2) is 24.3 Å². The van der Waals surface area contributed by atoms with Crippen LogP contribution in [0.1, 0.15) is 36.9 Å². The average Bonchev–Trinajstić information content (AvgIpc) is 2.44. The molecule has 3 heteroatoms. The zero-order valence-corrected chi connectivity index (χ0v) is 13.6. The van der Waals surface area contributed by atoms with E-state index in [0.29, 0.717) is 18.0 Å². The minimum Gasteiger partial charge on any atom is -0.312 e. The summed E-state index contributed by atoms with van der Waals surface area (Å²) in [4.78, 5) is 4.91. The molecule has 1 aromatic rings. The Labute approximate surface area is 124 Å². The largest absolute Gasteiger partial charge is 0.312 e. The minimum absolute atomic E-state index is 0.393. The topological polar surface area (TPSA) is 18.5 Å². The van der Waals surface area contributed by atoms with E-state index in [0.717, 1.165) is 19.6 Å². The molecule has 1 fully saturated rings. The summed E-state index contributed by atoms with van der Waals surface area (Å²) >= 11 is 0. The van der Waals surface area contributed by atoms with Gasteiger partial charge in [-0.3, -0.25) is 4.90 Å². The van der Waals surface area contributed by atoms with Crippen molar-refractivity contribution in [2.75, 3.05) is 40.8 Å². The number of likely N-dealkylation sites (N-methyl/N-ethyl adjacent to an activating group) is 3. The number of rotatable bonds is 4. The van der Waals surface area contributed by atoms with Crippen LogP contribution in [-0.4, -0.2) is 56.6 Å². The van der Waals surface area contributed by atoms with Crippen molar-refractivity contribution in [2.24, 2.45) is 0 Å². The van der Waals surface area contributed by atoms with Gasteiger partial charge in [0.2, 0.25) is 0 Å². The SMILES string of the molecule is CNC(c1ccc(C(C)C)cc1)C1CN(C)CCN1C. The maximum Gasteiger partial charge on any atom is 0.0488 e. The van der Waals surface area contributed by atoms with Crippen molar-refractivity contribution in [2.45, 2.75) is 31.8 Å². The summed E-state index contributed by atoms with van der Waals surface area (Å²) in [5.74, 6) is 0.598. The van der Waals surface area contributed by atoms with Gasteiger partial charge in [0.05, 0.1) is 0 Å². The molecule has 20 heavy (non-hydrogen) atoms. The van der Waals surface area contributed by atoms with Gasteiger partial charge in [0.25, 0.3) is 0 Å². The predicted molar refractivity (Wildman–Crippen MR) is 86.2 cm³/mol. The third kappa shape index (κ3) is 3.40. The fraction of sp³-hybridized carbons (Fsp3) is 0.647. The molecule has 0 radical (unpaired) electrons. The second-order valence-electron chi connectivity index (χ2n) is 6.40. The Morgan fingerprint density at radius 1 is 1.05 bits per heavy atom. The summed E-state index contributed by atoms with van der Waals surface area (Å²) in [6.07, 6.45) is 0. The van der Waals surface area contributed by atoms with Crippen LogP contribution < -0.4 is 5.32 Å². The van der Waals surface area contributed by atoms with Gasteiger partial charge in [-0.2, -0.15) is 0 Å². The maximum atomic E-state index is 3.52. The fourth-order valence-corrected chi connectivity index (χ4v) is 3.07. The summed E-state index contributed by atoms with van der Waals surface area (Å²) in [6.45, 7) is 7.91. The average molecular weight is 275 g/mol. The van der Waals surface area contributed by atoms with Gasteiger partial charge < -0.3 is 10.2 Å². The Balaban J connectivity index is 2.18. The van der Waals surface area contributed by atoms with E-state index in [9.17, 15) is 0 Å². The van der Waals surface area contributed by atoms with Gasteiger partial charge in [0, 0.05) is 31.7 Å². The normalized spacial score (nSPS) is 23.2. The Hall–Kier alpha value is -0.900. The van der Waals surface area contributed by atoms with Crippen molar-refractivity contribution in [3.8, 4) is 0 Å². The van der Waals surface area contributed by atoms with Crippen LogP contribution in [0.3, 0.4) is 0 Å². The molecule has 2 rings (SSSR count). The lowest BCUT2D eigenvalue weighted by Gasteiger charge is -2.42. The summed E-state index contributed by atoms with van der Waals surface area (Å²) in [6, 6.07) is 10.1. The van der Waals surface area contributed by atoms with E-state index >= 15 is 0 Å². The third-order valence-corrected chi connectivity index (χ3v) is 4.56. The molecule has 0 saturated carbocycles. The summed E-state index contributed by atoms with van der Waals surface area (Å²) in [5.41, 5.74) is 2.81. The molecule has 1 N–H and O–H groups in total. The molecule has 1 heterocycles. The maximum absolute atomic E-state index is 3.52. The highest BCUT2D eigenvalue weighted by Gasteiger charge is 2.29. The number of piperazine rings is 1. The van der Waals surface area contributed by atoms with Crippen molar-refractivity contribution < 1.29 is 0 Å². The number of benzene rings is 1. The van der Waals surface area contributed by atoms with Crippen molar-refractivity contribution in [3.63, 3.8) is 0 Å². The van der Waals surface area contributed by atoms with Crippen LogP contribution >= 0.6 is 0 Å². The molecule has 0 spiro atoms. The van der Waals surface area contributed by atoms with Gasteiger partial charge in [-0.1, -0.05) is 38.1 Å². The van der Waals surface area contributed by atoms with Gasteiger partial charge in [0.15, 0.2) is 0 Å². The van der Waals surface area contributed by atoms with Gasteiger partial charge in [0.1, 0.15) is 0 Å². The zero-order valence-electron chi connectivity index (χ0n) is 13.6. The van der Waals surface area contributed by atoms with E-state index in [2.05, 4.69) is 74.4 Å². The van der Waals surface area contributed by atoms with Crippen LogP contribution in [0.5, 0.6) is 0 Å². The molecule has 3 nitrogen and oxygen atoms in total. The van der Waals surface area contributed by atoms with E-state index in [-0.39, 0.29) is 0 Å². The molecule has 0 amide bonds. The van der Waals surface area contributed by atoms with Crippen LogP contribution in [0.4, 0.5) is 0 Å². The Morgan fingerprint density at radius 2 is 1.65 bits per heavy atom. The van der Waals surface area contributed by atoms with Crippen molar-refractivity contribution >= 4 is 0 Å². The van der Waals surface area contributed by atoms with Crippen LogP contribution in [0.2, 0.25) is 0 Å². The van der Waals surface area contributed by atoms with E-state index < -0.39 is 0 Å². The highest BCUT2D eigenvalue weighted by Crippen LogP contribution is 2.24. The molecule has 0 aliphatic carbocycles. The highest BCUT2D eigenvalue weighted by molar-refractivity contribution is 5.28. The molecule has 2 atom stereocenters. The van der Waals surface area contributed by atoms with Crippen molar-refractivity contribution in [3.05, 3.63) is 35.4 Å². The van der Waals surface area contributed by atoms with Gasteiger partial charge >= 0.3 is 0 Å². The van der Waals surface area contributed by atoms with E-state index in [1.807, 2.05) is 0 Å². The molecule has 1 saturated heterocycles.